The molecule has 3 N–H and O–H groups in total. The smallest absolute Gasteiger partial charge is 0.315 e. The van der Waals surface area contributed by atoms with Crippen LogP contribution in [0.5, 0.6) is 5.75 Å². The molecule has 0 aliphatic heterocycles. The standard InChI is InChI=1S/C17H24N2O4/c1-12(23-15-5-3-2-4-6-15)11-18-17(22)19-14-9-7-13(8-10-14)16(20)21/h2-6,12-14H,7-11H2,1H3,(H,20,21)(H2,18,19,22). The molecule has 6 heteroatoms. The molecule has 0 heterocycles. The fraction of sp³-hybridized carbons (Fsp3) is 0.529. The monoisotopic (exact) mass is 320 g/mol. The molecule has 1 saturated carbocycles. The number of para-hydroxylation sites is 1. The maximum atomic E-state index is 11.9. The Morgan fingerprint density at radius 2 is 1.87 bits per heavy atom. The van der Waals surface area contributed by atoms with Gasteiger partial charge in [-0.05, 0) is 44.7 Å². The fourth-order valence-corrected chi connectivity index (χ4v) is 2.73. The van der Waals surface area contributed by atoms with E-state index < -0.39 is 5.97 Å². The molecule has 1 aliphatic carbocycles. The van der Waals surface area contributed by atoms with E-state index in [0.29, 0.717) is 32.2 Å². The van der Waals surface area contributed by atoms with Gasteiger partial charge in [-0.1, -0.05) is 18.2 Å². The maximum absolute atomic E-state index is 11.9. The molecule has 0 spiro atoms. The summed E-state index contributed by atoms with van der Waals surface area (Å²) in [5.74, 6) is -0.232. The number of carboxylic acid groups (broad SMARTS) is 1. The van der Waals surface area contributed by atoms with Gasteiger partial charge in [0.2, 0.25) is 0 Å². The predicted molar refractivity (Wildman–Crippen MR) is 86.4 cm³/mol. The van der Waals surface area contributed by atoms with E-state index in [-0.39, 0.29) is 24.1 Å². The summed E-state index contributed by atoms with van der Waals surface area (Å²) in [5.41, 5.74) is 0. The van der Waals surface area contributed by atoms with Crippen molar-refractivity contribution in [1.82, 2.24) is 10.6 Å². The van der Waals surface area contributed by atoms with Crippen LogP contribution < -0.4 is 15.4 Å². The summed E-state index contributed by atoms with van der Waals surface area (Å²) in [5, 5.41) is 14.7. The van der Waals surface area contributed by atoms with Crippen LogP contribution in [0.3, 0.4) is 0 Å². The molecule has 126 valence electrons. The Hall–Kier alpha value is -2.24. The lowest BCUT2D eigenvalue weighted by atomic mass is 9.86. The van der Waals surface area contributed by atoms with E-state index in [1.165, 1.54) is 0 Å². The molecule has 0 radical (unpaired) electrons. The quantitative estimate of drug-likeness (QED) is 0.751. The Balaban J connectivity index is 1.64. The third kappa shape index (κ3) is 5.81. The number of hydrogen-bond donors (Lipinski definition) is 3. The molecule has 1 aromatic rings. The molecular formula is C17H24N2O4. The maximum Gasteiger partial charge on any atom is 0.315 e. The van der Waals surface area contributed by atoms with Crippen molar-refractivity contribution in [3.63, 3.8) is 0 Å². The average molecular weight is 320 g/mol. The fourth-order valence-electron chi connectivity index (χ4n) is 2.73. The van der Waals surface area contributed by atoms with Crippen molar-refractivity contribution in [3.05, 3.63) is 30.3 Å². The van der Waals surface area contributed by atoms with Gasteiger partial charge in [-0.15, -0.1) is 0 Å². The van der Waals surface area contributed by atoms with Crippen LogP contribution in [0.25, 0.3) is 0 Å². The van der Waals surface area contributed by atoms with Crippen molar-refractivity contribution in [2.75, 3.05) is 6.54 Å². The molecule has 0 bridgehead atoms. The molecule has 0 aromatic heterocycles. The molecule has 6 nitrogen and oxygen atoms in total. The van der Waals surface area contributed by atoms with Crippen molar-refractivity contribution in [1.29, 1.82) is 0 Å². The Labute approximate surface area is 136 Å². The number of urea groups is 1. The number of nitrogens with one attached hydrogen (secondary N) is 2. The molecule has 1 atom stereocenters. The van der Waals surface area contributed by atoms with Gasteiger partial charge in [0.1, 0.15) is 11.9 Å². The summed E-state index contributed by atoms with van der Waals surface area (Å²) in [7, 11) is 0. The second kappa shape index (κ2) is 8.41. The molecule has 0 saturated heterocycles. The summed E-state index contributed by atoms with van der Waals surface area (Å²) >= 11 is 0. The van der Waals surface area contributed by atoms with Gasteiger partial charge in [0.15, 0.2) is 0 Å². The zero-order valence-corrected chi connectivity index (χ0v) is 13.3. The highest BCUT2D eigenvalue weighted by atomic mass is 16.5. The van der Waals surface area contributed by atoms with Crippen molar-refractivity contribution >= 4 is 12.0 Å². The molecule has 1 aliphatic rings. The Morgan fingerprint density at radius 3 is 2.48 bits per heavy atom. The van der Waals surface area contributed by atoms with E-state index in [1.807, 2.05) is 37.3 Å². The van der Waals surface area contributed by atoms with Gasteiger partial charge in [-0.3, -0.25) is 4.79 Å². The van der Waals surface area contributed by atoms with Crippen LogP contribution >= 0.6 is 0 Å². The van der Waals surface area contributed by atoms with E-state index in [4.69, 9.17) is 9.84 Å². The van der Waals surface area contributed by atoms with Gasteiger partial charge in [-0.2, -0.15) is 0 Å². The second-order valence-electron chi connectivity index (χ2n) is 5.98. The third-order valence-electron chi connectivity index (χ3n) is 4.04. The van der Waals surface area contributed by atoms with E-state index in [2.05, 4.69) is 10.6 Å². The van der Waals surface area contributed by atoms with E-state index in [1.54, 1.807) is 0 Å². The minimum atomic E-state index is -0.736. The number of aliphatic carboxylic acids is 1. The number of ether oxygens (including phenoxy) is 1. The summed E-state index contributed by atoms with van der Waals surface area (Å²) in [6.07, 6.45) is 2.52. The summed E-state index contributed by atoms with van der Waals surface area (Å²) in [6.45, 7) is 2.30. The average Bonchev–Trinajstić information content (AvgIpc) is 2.54. The molecule has 23 heavy (non-hydrogen) atoms. The largest absolute Gasteiger partial charge is 0.489 e. The minimum absolute atomic E-state index is 0.0518. The third-order valence-corrected chi connectivity index (χ3v) is 4.04. The zero-order chi connectivity index (χ0) is 16.7. The SMILES string of the molecule is CC(CNC(=O)NC1CCC(C(=O)O)CC1)Oc1ccccc1. The van der Waals surface area contributed by atoms with E-state index in [0.717, 1.165) is 5.75 Å². The first-order valence-corrected chi connectivity index (χ1v) is 8.03. The van der Waals surface area contributed by atoms with Crippen molar-refractivity contribution in [2.45, 2.75) is 44.8 Å². The lowest BCUT2D eigenvalue weighted by Crippen LogP contribution is -2.46. The van der Waals surface area contributed by atoms with Crippen molar-refractivity contribution in [2.24, 2.45) is 5.92 Å². The van der Waals surface area contributed by atoms with Gasteiger partial charge in [0, 0.05) is 6.04 Å². The van der Waals surface area contributed by atoms with Crippen LogP contribution in [0, 0.1) is 5.92 Å². The molecule has 2 rings (SSSR count). The molecule has 2 amide bonds. The van der Waals surface area contributed by atoms with E-state index in [9.17, 15) is 9.59 Å². The number of amides is 2. The second-order valence-corrected chi connectivity index (χ2v) is 5.98. The van der Waals surface area contributed by atoms with Crippen LogP contribution in [0.15, 0.2) is 30.3 Å². The number of carboxylic acids is 1. The summed E-state index contributed by atoms with van der Waals surface area (Å²) in [4.78, 5) is 22.8. The number of carbonyl (C=O) groups is 2. The normalized spacial score (nSPS) is 22.0. The lowest BCUT2D eigenvalue weighted by Gasteiger charge is -2.27. The van der Waals surface area contributed by atoms with E-state index >= 15 is 0 Å². The summed E-state index contributed by atoms with van der Waals surface area (Å²) in [6, 6.07) is 9.28. The predicted octanol–water partition coefficient (Wildman–Crippen LogP) is 2.40. The first kappa shape index (κ1) is 17.1. The topological polar surface area (TPSA) is 87.7 Å². The number of benzene rings is 1. The Bertz CT molecular complexity index is 513. The Morgan fingerprint density at radius 1 is 1.22 bits per heavy atom. The molecule has 1 aromatic carbocycles. The van der Waals surface area contributed by atoms with Crippen molar-refractivity contribution < 1.29 is 19.4 Å². The first-order valence-electron chi connectivity index (χ1n) is 8.03. The van der Waals surface area contributed by atoms with Gasteiger partial charge in [0.25, 0.3) is 0 Å². The van der Waals surface area contributed by atoms with Gasteiger partial charge in [-0.25, -0.2) is 4.79 Å². The number of hydrogen-bond acceptors (Lipinski definition) is 3. The van der Waals surface area contributed by atoms with Gasteiger partial charge in [0.05, 0.1) is 12.5 Å². The van der Waals surface area contributed by atoms with Crippen molar-refractivity contribution in [3.8, 4) is 5.75 Å². The number of rotatable bonds is 6. The highest BCUT2D eigenvalue weighted by molar-refractivity contribution is 5.74. The first-order chi connectivity index (χ1) is 11.0. The van der Waals surface area contributed by atoms with Crippen LogP contribution in [-0.2, 0) is 4.79 Å². The summed E-state index contributed by atoms with van der Waals surface area (Å²) < 4.78 is 5.69. The van der Waals surface area contributed by atoms with Gasteiger partial charge < -0.3 is 20.5 Å². The van der Waals surface area contributed by atoms with Crippen LogP contribution in [0.4, 0.5) is 4.79 Å². The highest BCUT2D eigenvalue weighted by Crippen LogP contribution is 2.24. The molecular weight excluding hydrogens is 296 g/mol. The van der Waals surface area contributed by atoms with Crippen LogP contribution in [0.2, 0.25) is 0 Å². The minimum Gasteiger partial charge on any atom is -0.489 e. The zero-order valence-electron chi connectivity index (χ0n) is 13.3. The molecule has 1 unspecified atom stereocenters. The van der Waals surface area contributed by atoms with Crippen LogP contribution in [-0.4, -0.2) is 35.8 Å². The highest BCUT2D eigenvalue weighted by Gasteiger charge is 2.26. The van der Waals surface area contributed by atoms with Gasteiger partial charge >= 0.3 is 12.0 Å². The Kier molecular flexibility index (Phi) is 6.26. The van der Waals surface area contributed by atoms with Crippen LogP contribution in [0.1, 0.15) is 32.6 Å². The number of carbonyl (C=O) groups excluding carboxylic acids is 1. The lowest BCUT2D eigenvalue weighted by molar-refractivity contribution is -0.142. The molecule has 1 fully saturated rings.